The topological polar surface area (TPSA) is 53.6 Å². The molecule has 3 fully saturated rings. The van der Waals surface area contributed by atoms with Crippen molar-refractivity contribution in [2.45, 2.75) is 37.6 Å². The van der Waals surface area contributed by atoms with Crippen LogP contribution in [-0.4, -0.2) is 54.9 Å². The molecule has 0 aliphatic carbocycles. The average molecular weight is 225 g/mol. The Morgan fingerprint density at radius 2 is 2.06 bits per heavy atom. The van der Waals surface area contributed by atoms with Crippen LogP contribution in [0.5, 0.6) is 0 Å². The standard InChI is InChI=1S/C11H19N3O2/c1-8-6-13-7-9-10(15)16-11(14(8)9)2-4-12-5-3-11/h8-9,12-13H,2-7H2,1H3. The number of piperidine rings is 1. The highest BCUT2D eigenvalue weighted by Gasteiger charge is 2.56. The molecule has 3 rings (SSSR count). The third-order valence-electron chi connectivity index (χ3n) is 4.01. The van der Waals surface area contributed by atoms with Gasteiger partial charge in [-0.3, -0.25) is 4.79 Å². The fraction of sp³-hybridized carbons (Fsp3) is 0.909. The van der Waals surface area contributed by atoms with Crippen LogP contribution in [0.3, 0.4) is 0 Å². The van der Waals surface area contributed by atoms with Crippen LogP contribution in [0.4, 0.5) is 0 Å². The van der Waals surface area contributed by atoms with Crippen molar-refractivity contribution in [3.8, 4) is 0 Å². The molecule has 2 atom stereocenters. The number of piperazine rings is 1. The van der Waals surface area contributed by atoms with Gasteiger partial charge in [-0.2, -0.15) is 0 Å². The first-order valence-corrected chi connectivity index (χ1v) is 6.16. The van der Waals surface area contributed by atoms with Crippen LogP contribution < -0.4 is 10.6 Å². The van der Waals surface area contributed by atoms with Gasteiger partial charge in [-0.15, -0.1) is 0 Å². The van der Waals surface area contributed by atoms with Crippen LogP contribution in [-0.2, 0) is 9.53 Å². The van der Waals surface area contributed by atoms with E-state index in [0.717, 1.165) is 39.0 Å². The van der Waals surface area contributed by atoms with E-state index in [4.69, 9.17) is 4.74 Å². The minimum absolute atomic E-state index is 0.0408. The Kier molecular flexibility index (Phi) is 2.42. The smallest absolute Gasteiger partial charge is 0.326 e. The number of hydrogen-bond acceptors (Lipinski definition) is 5. The SMILES string of the molecule is CC1CNCC2C(=O)OC3(CCNCC3)N12. The molecule has 0 radical (unpaired) electrons. The molecule has 0 aromatic carbocycles. The normalized spacial score (nSPS) is 38.4. The minimum Gasteiger partial charge on any atom is -0.442 e. The quantitative estimate of drug-likeness (QED) is 0.533. The Hall–Kier alpha value is -0.650. The molecule has 2 N–H and O–H groups in total. The van der Waals surface area contributed by atoms with Crippen molar-refractivity contribution < 1.29 is 9.53 Å². The summed E-state index contributed by atoms with van der Waals surface area (Å²) in [7, 11) is 0. The number of carbonyl (C=O) groups is 1. The highest BCUT2D eigenvalue weighted by atomic mass is 16.6. The van der Waals surface area contributed by atoms with Gasteiger partial charge in [0.25, 0.3) is 0 Å². The van der Waals surface area contributed by atoms with E-state index in [1.807, 2.05) is 0 Å². The van der Waals surface area contributed by atoms with Gasteiger partial charge < -0.3 is 15.4 Å². The molecule has 90 valence electrons. The molecule has 3 saturated heterocycles. The molecule has 0 saturated carbocycles. The van der Waals surface area contributed by atoms with Gasteiger partial charge in [0.2, 0.25) is 0 Å². The summed E-state index contributed by atoms with van der Waals surface area (Å²) in [5, 5.41) is 6.63. The molecule has 0 aromatic rings. The zero-order chi connectivity index (χ0) is 11.2. The first kappa shape index (κ1) is 10.5. The fourth-order valence-corrected chi connectivity index (χ4v) is 3.30. The lowest BCUT2D eigenvalue weighted by Gasteiger charge is -2.45. The highest BCUT2D eigenvalue weighted by molar-refractivity contribution is 5.79. The number of hydrogen-bond donors (Lipinski definition) is 2. The van der Waals surface area contributed by atoms with Gasteiger partial charge in [-0.05, 0) is 6.92 Å². The molecule has 1 spiro atoms. The van der Waals surface area contributed by atoms with E-state index in [9.17, 15) is 4.79 Å². The van der Waals surface area contributed by atoms with E-state index in [1.165, 1.54) is 0 Å². The second kappa shape index (κ2) is 3.68. The Morgan fingerprint density at radius 1 is 1.31 bits per heavy atom. The van der Waals surface area contributed by atoms with E-state index < -0.39 is 0 Å². The molecule has 3 aliphatic rings. The van der Waals surface area contributed by atoms with Crippen molar-refractivity contribution in [2.24, 2.45) is 0 Å². The predicted molar refractivity (Wildman–Crippen MR) is 58.9 cm³/mol. The van der Waals surface area contributed by atoms with Crippen molar-refractivity contribution in [1.82, 2.24) is 15.5 Å². The molecular weight excluding hydrogens is 206 g/mol. The largest absolute Gasteiger partial charge is 0.442 e. The van der Waals surface area contributed by atoms with E-state index in [-0.39, 0.29) is 17.7 Å². The Bertz CT molecular complexity index is 302. The number of nitrogens with one attached hydrogen (secondary N) is 2. The maximum atomic E-state index is 11.9. The average Bonchev–Trinajstić information content (AvgIpc) is 2.55. The molecule has 5 nitrogen and oxygen atoms in total. The van der Waals surface area contributed by atoms with E-state index in [2.05, 4.69) is 22.5 Å². The van der Waals surface area contributed by atoms with Crippen molar-refractivity contribution >= 4 is 5.97 Å². The molecule has 3 heterocycles. The summed E-state index contributed by atoms with van der Waals surface area (Å²) in [6, 6.07) is 0.310. The second-order valence-electron chi connectivity index (χ2n) is 5.05. The molecule has 0 bridgehead atoms. The van der Waals surface area contributed by atoms with E-state index >= 15 is 0 Å². The Balaban J connectivity index is 1.91. The van der Waals surface area contributed by atoms with Crippen molar-refractivity contribution in [3.63, 3.8) is 0 Å². The molecule has 5 heteroatoms. The number of fused-ring (bicyclic) bond motifs is 2. The predicted octanol–water partition coefficient (Wildman–Crippen LogP) is -0.715. The summed E-state index contributed by atoms with van der Waals surface area (Å²) in [4.78, 5) is 14.2. The van der Waals surface area contributed by atoms with Crippen LogP contribution in [0.25, 0.3) is 0 Å². The Labute approximate surface area is 95.5 Å². The summed E-state index contributed by atoms with van der Waals surface area (Å²) in [6.07, 6.45) is 1.83. The first-order chi connectivity index (χ1) is 7.73. The summed E-state index contributed by atoms with van der Waals surface area (Å²) in [5.74, 6) is -0.0408. The maximum Gasteiger partial charge on any atom is 0.326 e. The lowest BCUT2D eigenvalue weighted by molar-refractivity contribution is -0.160. The van der Waals surface area contributed by atoms with Crippen LogP contribution in [0.1, 0.15) is 19.8 Å². The van der Waals surface area contributed by atoms with Gasteiger partial charge >= 0.3 is 5.97 Å². The summed E-state index contributed by atoms with van der Waals surface area (Å²) in [5.41, 5.74) is -0.311. The van der Waals surface area contributed by atoms with Gasteiger partial charge in [0.1, 0.15) is 6.04 Å². The third kappa shape index (κ3) is 1.38. The molecule has 2 unspecified atom stereocenters. The first-order valence-electron chi connectivity index (χ1n) is 6.16. The fourth-order valence-electron chi connectivity index (χ4n) is 3.30. The number of rotatable bonds is 0. The number of nitrogens with zero attached hydrogens (tertiary/aromatic N) is 1. The van der Waals surface area contributed by atoms with Crippen LogP contribution in [0.2, 0.25) is 0 Å². The molecule has 0 aromatic heterocycles. The molecule has 3 aliphatic heterocycles. The summed E-state index contributed by atoms with van der Waals surface area (Å²) in [6.45, 7) is 5.73. The van der Waals surface area contributed by atoms with Gasteiger partial charge in [0.15, 0.2) is 5.72 Å². The third-order valence-corrected chi connectivity index (χ3v) is 4.01. The molecule has 16 heavy (non-hydrogen) atoms. The van der Waals surface area contributed by atoms with Gasteiger partial charge in [0.05, 0.1) is 0 Å². The van der Waals surface area contributed by atoms with E-state index in [1.54, 1.807) is 0 Å². The van der Waals surface area contributed by atoms with Crippen molar-refractivity contribution in [2.75, 3.05) is 26.2 Å². The highest BCUT2D eigenvalue weighted by Crippen LogP contribution is 2.38. The second-order valence-corrected chi connectivity index (χ2v) is 5.05. The van der Waals surface area contributed by atoms with Crippen LogP contribution >= 0.6 is 0 Å². The van der Waals surface area contributed by atoms with Gasteiger partial charge in [0, 0.05) is 45.1 Å². The minimum atomic E-state index is -0.311. The lowest BCUT2D eigenvalue weighted by atomic mass is 9.96. The van der Waals surface area contributed by atoms with Crippen molar-refractivity contribution in [1.29, 1.82) is 0 Å². The zero-order valence-corrected chi connectivity index (χ0v) is 9.66. The number of carbonyl (C=O) groups excluding carboxylic acids is 1. The van der Waals surface area contributed by atoms with Gasteiger partial charge in [-0.1, -0.05) is 0 Å². The zero-order valence-electron chi connectivity index (χ0n) is 9.66. The molecule has 0 amide bonds. The van der Waals surface area contributed by atoms with Crippen molar-refractivity contribution in [3.05, 3.63) is 0 Å². The summed E-state index contributed by atoms with van der Waals surface area (Å²) < 4.78 is 5.71. The lowest BCUT2D eigenvalue weighted by Crippen LogP contribution is -2.63. The Morgan fingerprint density at radius 3 is 2.81 bits per heavy atom. The summed E-state index contributed by atoms with van der Waals surface area (Å²) >= 11 is 0. The van der Waals surface area contributed by atoms with Crippen LogP contribution in [0, 0.1) is 0 Å². The van der Waals surface area contributed by atoms with Crippen LogP contribution in [0.15, 0.2) is 0 Å². The van der Waals surface area contributed by atoms with Gasteiger partial charge in [-0.25, -0.2) is 4.90 Å². The number of ether oxygens (including phenoxy) is 1. The number of esters is 1. The van der Waals surface area contributed by atoms with E-state index in [0.29, 0.717) is 6.04 Å². The molecular formula is C11H19N3O2. The maximum absolute atomic E-state index is 11.9. The monoisotopic (exact) mass is 225 g/mol.